The van der Waals surface area contributed by atoms with E-state index in [0.717, 1.165) is 73.2 Å². The van der Waals surface area contributed by atoms with Gasteiger partial charge in [-0.05, 0) is 153 Å². The van der Waals surface area contributed by atoms with Crippen LogP contribution in [0.4, 0.5) is 34.1 Å². The number of rotatable bonds is 12. The number of imidazole rings is 2. The summed E-state index contributed by atoms with van der Waals surface area (Å²) in [6.45, 7) is 0. The van der Waals surface area contributed by atoms with Gasteiger partial charge in [-0.25, -0.2) is 4.98 Å². The molecule has 0 atom stereocenters. The van der Waals surface area contributed by atoms with Gasteiger partial charge in [0.2, 0.25) is 5.78 Å². The first kappa shape index (κ1) is 46.1. The second-order valence-electron chi connectivity index (χ2n) is 19.7. The van der Waals surface area contributed by atoms with Crippen LogP contribution in [0.1, 0.15) is 0 Å². The molecule has 5 heteroatoms. The van der Waals surface area contributed by atoms with E-state index in [-0.39, 0.29) is 0 Å². The summed E-state index contributed by atoms with van der Waals surface area (Å²) in [6, 6.07) is 111. The van der Waals surface area contributed by atoms with Gasteiger partial charge in [0.25, 0.3) is 0 Å². The minimum atomic E-state index is 0.832. The number of benzene rings is 12. The van der Waals surface area contributed by atoms with Crippen molar-refractivity contribution in [3.8, 4) is 61.3 Å². The van der Waals surface area contributed by atoms with Gasteiger partial charge in [0.15, 0.2) is 0 Å². The van der Waals surface area contributed by atoms with Gasteiger partial charge in [-0.2, -0.15) is 0 Å². The van der Waals surface area contributed by atoms with E-state index in [9.17, 15) is 0 Å². The molecule has 0 fully saturated rings. The summed E-state index contributed by atoms with van der Waals surface area (Å²) in [4.78, 5) is 10.2. The lowest BCUT2D eigenvalue weighted by Crippen LogP contribution is -2.10. The Morgan fingerprint density at radius 3 is 0.859 bits per heavy atom. The molecule has 2 aromatic heterocycles. The van der Waals surface area contributed by atoms with Crippen molar-refractivity contribution in [2.24, 2.45) is 0 Å². The van der Waals surface area contributed by atoms with Crippen molar-refractivity contribution >= 4 is 62.0 Å². The Labute approximate surface area is 454 Å². The topological polar surface area (TPSA) is 28.7 Å². The Morgan fingerprint density at radius 1 is 0.231 bits per heavy atom. The molecule has 0 saturated carbocycles. The minimum absolute atomic E-state index is 0.832. The van der Waals surface area contributed by atoms with E-state index in [0.29, 0.717) is 0 Å². The average molecular weight is 998 g/mol. The van der Waals surface area contributed by atoms with Gasteiger partial charge < -0.3 is 9.80 Å². The molecule has 0 aliphatic carbocycles. The second-order valence-corrected chi connectivity index (χ2v) is 19.7. The SMILES string of the molecule is c1ccc(-c2ccc(N(c3ccc(-c4ccccc4)cc3)c3ccc4nc5n(-c6ccc(-c7ccccc7)cc6)c6ccc(N(c7ccc(-c8ccccc8)cc7)c7ccc(-c8ccccc8)cc7)cc6n5c4c3)cc2)cc1. The first-order valence-electron chi connectivity index (χ1n) is 26.5. The molecule has 0 bridgehead atoms. The van der Waals surface area contributed by atoms with Gasteiger partial charge >= 0.3 is 0 Å². The van der Waals surface area contributed by atoms with Crippen LogP contribution in [0.15, 0.2) is 309 Å². The molecule has 14 aromatic rings. The molecule has 0 aliphatic rings. The molecule has 0 unspecified atom stereocenters. The zero-order valence-corrected chi connectivity index (χ0v) is 42.7. The Kier molecular flexibility index (Phi) is 11.8. The monoisotopic (exact) mass is 997 g/mol. The van der Waals surface area contributed by atoms with Crippen LogP contribution in [0.25, 0.3) is 89.2 Å². The smallest absolute Gasteiger partial charge is 0.220 e. The first-order chi connectivity index (χ1) is 38.7. The third kappa shape index (κ3) is 8.65. The Hall–Kier alpha value is -10.5. The molecular formula is C73H51N5. The predicted molar refractivity (Wildman–Crippen MR) is 326 cm³/mol. The lowest BCUT2D eigenvalue weighted by Gasteiger charge is -2.26. The molecule has 12 aromatic carbocycles. The fourth-order valence-corrected chi connectivity index (χ4v) is 11.0. The summed E-state index contributed by atoms with van der Waals surface area (Å²) >= 11 is 0. The quantitative estimate of drug-likeness (QED) is 0.122. The van der Waals surface area contributed by atoms with Crippen LogP contribution in [0.2, 0.25) is 0 Å². The maximum absolute atomic E-state index is 5.51. The highest BCUT2D eigenvalue weighted by molar-refractivity contribution is 5.97. The van der Waals surface area contributed by atoms with Crippen molar-refractivity contribution in [2.45, 2.75) is 0 Å². The summed E-state index contributed by atoms with van der Waals surface area (Å²) in [5.41, 5.74) is 23.0. The summed E-state index contributed by atoms with van der Waals surface area (Å²) in [6.07, 6.45) is 0. The van der Waals surface area contributed by atoms with Crippen LogP contribution < -0.4 is 9.80 Å². The summed E-state index contributed by atoms with van der Waals surface area (Å²) < 4.78 is 4.66. The highest BCUT2D eigenvalue weighted by Gasteiger charge is 2.23. The summed E-state index contributed by atoms with van der Waals surface area (Å²) in [7, 11) is 0. The fraction of sp³-hybridized carbons (Fsp3) is 0. The van der Waals surface area contributed by atoms with E-state index in [4.69, 9.17) is 4.98 Å². The van der Waals surface area contributed by atoms with E-state index in [1.807, 2.05) is 0 Å². The lowest BCUT2D eigenvalue weighted by atomic mass is 10.0. The molecule has 0 saturated heterocycles. The van der Waals surface area contributed by atoms with Gasteiger partial charge in [0.05, 0.1) is 22.1 Å². The number of aromatic nitrogens is 3. The normalized spacial score (nSPS) is 11.3. The average Bonchev–Trinajstić information content (AvgIpc) is 4.22. The second kappa shape index (κ2) is 20.0. The van der Waals surface area contributed by atoms with Gasteiger partial charge in [-0.1, -0.05) is 212 Å². The number of hydrogen-bond donors (Lipinski definition) is 0. The highest BCUT2D eigenvalue weighted by Crippen LogP contribution is 2.42. The molecular weight excluding hydrogens is 947 g/mol. The molecule has 0 N–H and O–H groups in total. The molecule has 2 heterocycles. The zero-order chi connectivity index (χ0) is 51.8. The summed E-state index contributed by atoms with van der Waals surface area (Å²) in [5, 5.41) is 0. The van der Waals surface area contributed by atoms with E-state index in [1.54, 1.807) is 0 Å². The van der Waals surface area contributed by atoms with Crippen molar-refractivity contribution in [1.82, 2.24) is 14.0 Å². The predicted octanol–water partition coefficient (Wildman–Crippen LogP) is 19.7. The summed E-state index contributed by atoms with van der Waals surface area (Å²) in [5.74, 6) is 0.832. The number of fused-ring (bicyclic) bond motifs is 5. The Morgan fingerprint density at radius 2 is 0.513 bits per heavy atom. The highest BCUT2D eigenvalue weighted by atomic mass is 15.2. The van der Waals surface area contributed by atoms with Crippen molar-refractivity contribution in [3.63, 3.8) is 0 Å². The van der Waals surface area contributed by atoms with Crippen molar-refractivity contribution in [3.05, 3.63) is 309 Å². The fourth-order valence-electron chi connectivity index (χ4n) is 11.0. The van der Waals surface area contributed by atoms with E-state index in [1.165, 1.54) is 50.1 Å². The molecule has 0 radical (unpaired) electrons. The first-order valence-corrected chi connectivity index (χ1v) is 26.5. The molecule has 0 amide bonds. The molecule has 78 heavy (non-hydrogen) atoms. The van der Waals surface area contributed by atoms with Crippen LogP contribution >= 0.6 is 0 Å². The number of hydrogen-bond acceptors (Lipinski definition) is 3. The number of nitrogens with zero attached hydrogens (tertiary/aromatic N) is 5. The largest absolute Gasteiger partial charge is 0.310 e. The molecule has 0 aliphatic heterocycles. The third-order valence-electron chi connectivity index (χ3n) is 14.9. The van der Waals surface area contributed by atoms with E-state index >= 15 is 0 Å². The van der Waals surface area contributed by atoms with Crippen LogP contribution in [0.3, 0.4) is 0 Å². The van der Waals surface area contributed by atoms with Gasteiger partial charge in [-0.3, -0.25) is 8.97 Å². The van der Waals surface area contributed by atoms with Gasteiger partial charge in [0.1, 0.15) is 0 Å². The van der Waals surface area contributed by atoms with Gasteiger partial charge in [0, 0.05) is 39.8 Å². The molecule has 0 spiro atoms. The van der Waals surface area contributed by atoms with Crippen molar-refractivity contribution < 1.29 is 0 Å². The molecule has 5 nitrogen and oxygen atoms in total. The standard InChI is InChI=1S/C73H51N5/c1-6-16-52(17-7-1)57-26-36-62(37-27-57)75(63-38-28-58(29-39-63)53-18-8-2-9-19-53)67-46-48-69-71(50-67)78-72-51-68(47-49-70(72)77(73(78)74-69)66-44-34-61(35-45-66)56-24-14-5-15-25-56)76(64-40-30-59(31-41-64)54-20-10-3-11-21-54)65-42-32-60(33-43-65)55-22-12-4-13-23-55/h1-51H. The van der Waals surface area contributed by atoms with Crippen molar-refractivity contribution in [2.75, 3.05) is 9.80 Å². The number of anilines is 6. The maximum atomic E-state index is 5.51. The molecule has 14 rings (SSSR count). The van der Waals surface area contributed by atoms with Crippen molar-refractivity contribution in [1.29, 1.82) is 0 Å². The van der Waals surface area contributed by atoms with E-state index < -0.39 is 0 Å². The van der Waals surface area contributed by atoms with Gasteiger partial charge in [-0.15, -0.1) is 0 Å². The van der Waals surface area contributed by atoms with Crippen LogP contribution in [-0.4, -0.2) is 14.0 Å². The maximum Gasteiger partial charge on any atom is 0.220 e. The lowest BCUT2D eigenvalue weighted by molar-refractivity contribution is 1.11. The van der Waals surface area contributed by atoms with Crippen LogP contribution in [0.5, 0.6) is 0 Å². The van der Waals surface area contributed by atoms with Crippen LogP contribution in [0, 0.1) is 0 Å². The third-order valence-corrected chi connectivity index (χ3v) is 14.9. The molecule has 368 valence electrons. The zero-order valence-electron chi connectivity index (χ0n) is 42.7. The van der Waals surface area contributed by atoms with Crippen LogP contribution in [-0.2, 0) is 0 Å². The Balaban J connectivity index is 0.959. The van der Waals surface area contributed by atoms with E-state index in [2.05, 4.69) is 328 Å². The minimum Gasteiger partial charge on any atom is -0.310 e. The Bertz CT molecular complexity index is 4180.